The van der Waals surface area contributed by atoms with Gasteiger partial charge in [-0.1, -0.05) is 59.7 Å². The molecule has 1 aliphatic heterocycles. The van der Waals surface area contributed by atoms with Crippen molar-refractivity contribution in [3.8, 4) is 0 Å². The van der Waals surface area contributed by atoms with Crippen LogP contribution in [0.3, 0.4) is 0 Å². The number of rotatable bonds is 7. The fourth-order valence-electron chi connectivity index (χ4n) is 4.51. The Balaban J connectivity index is 1.72. The predicted molar refractivity (Wildman–Crippen MR) is 122 cm³/mol. The van der Waals surface area contributed by atoms with Crippen molar-refractivity contribution >= 4 is 5.91 Å². The van der Waals surface area contributed by atoms with Crippen LogP contribution in [0.4, 0.5) is 0 Å². The van der Waals surface area contributed by atoms with E-state index in [1.807, 2.05) is 14.1 Å². The van der Waals surface area contributed by atoms with Crippen LogP contribution in [0.1, 0.15) is 47.9 Å². The van der Waals surface area contributed by atoms with Gasteiger partial charge in [0.15, 0.2) is 0 Å². The Morgan fingerprint density at radius 1 is 0.967 bits per heavy atom. The molecule has 1 N–H and O–H groups in total. The van der Waals surface area contributed by atoms with Crippen LogP contribution in [0.2, 0.25) is 0 Å². The SMILES string of the molecule is Cc1ccc(C(O)(c2ccc(C)cc2)C2CCN(CCCC(=O)N(C)C)CC2)cc1. The van der Waals surface area contributed by atoms with Crippen LogP contribution < -0.4 is 0 Å². The summed E-state index contributed by atoms with van der Waals surface area (Å²) in [5.41, 5.74) is 3.38. The summed E-state index contributed by atoms with van der Waals surface area (Å²) >= 11 is 0. The molecule has 0 aliphatic carbocycles. The molecule has 0 saturated carbocycles. The number of likely N-dealkylation sites (tertiary alicyclic amines) is 1. The second kappa shape index (κ2) is 9.76. The first kappa shape index (κ1) is 22.5. The smallest absolute Gasteiger partial charge is 0.222 e. The molecule has 4 heteroatoms. The van der Waals surface area contributed by atoms with Crippen LogP contribution in [0.25, 0.3) is 0 Å². The normalized spacial score (nSPS) is 15.9. The molecule has 1 fully saturated rings. The number of nitrogens with zero attached hydrogens (tertiary/aromatic N) is 2. The van der Waals surface area contributed by atoms with Gasteiger partial charge in [-0.3, -0.25) is 4.79 Å². The molecular formula is C26H36N2O2. The molecule has 162 valence electrons. The molecule has 3 rings (SSSR count). The minimum absolute atomic E-state index is 0.169. The number of amides is 1. The average Bonchev–Trinajstić information content (AvgIpc) is 2.74. The van der Waals surface area contributed by atoms with Gasteiger partial charge >= 0.3 is 0 Å². The van der Waals surface area contributed by atoms with E-state index in [1.165, 1.54) is 11.1 Å². The largest absolute Gasteiger partial charge is 0.380 e. The van der Waals surface area contributed by atoms with Crippen LogP contribution in [-0.2, 0) is 10.4 Å². The monoisotopic (exact) mass is 408 g/mol. The second-order valence-electron chi connectivity index (χ2n) is 9.01. The minimum Gasteiger partial charge on any atom is -0.380 e. The van der Waals surface area contributed by atoms with Crippen molar-refractivity contribution in [1.29, 1.82) is 0 Å². The quantitative estimate of drug-likeness (QED) is 0.749. The molecule has 0 atom stereocenters. The van der Waals surface area contributed by atoms with Crippen molar-refractivity contribution in [1.82, 2.24) is 9.80 Å². The molecule has 0 spiro atoms. The highest BCUT2D eigenvalue weighted by molar-refractivity contribution is 5.75. The highest BCUT2D eigenvalue weighted by Crippen LogP contribution is 2.42. The third-order valence-corrected chi connectivity index (χ3v) is 6.53. The van der Waals surface area contributed by atoms with Crippen LogP contribution in [-0.4, -0.2) is 54.5 Å². The first-order valence-corrected chi connectivity index (χ1v) is 11.1. The summed E-state index contributed by atoms with van der Waals surface area (Å²) in [5, 5.41) is 12.1. The Labute approximate surface area is 181 Å². The fourth-order valence-corrected chi connectivity index (χ4v) is 4.51. The molecule has 0 aromatic heterocycles. The van der Waals surface area contributed by atoms with E-state index in [0.717, 1.165) is 50.0 Å². The van der Waals surface area contributed by atoms with Gasteiger partial charge in [0.2, 0.25) is 5.91 Å². The molecule has 2 aromatic carbocycles. The van der Waals surface area contributed by atoms with Gasteiger partial charge < -0.3 is 14.9 Å². The molecular weight excluding hydrogens is 372 g/mol. The van der Waals surface area contributed by atoms with E-state index in [0.29, 0.717) is 6.42 Å². The number of hydrogen-bond acceptors (Lipinski definition) is 3. The van der Waals surface area contributed by atoms with Gasteiger partial charge in [0, 0.05) is 20.5 Å². The summed E-state index contributed by atoms with van der Waals surface area (Å²) in [4.78, 5) is 15.9. The fraction of sp³-hybridized carbons (Fsp3) is 0.500. The zero-order chi connectivity index (χ0) is 21.7. The highest BCUT2D eigenvalue weighted by Gasteiger charge is 2.41. The zero-order valence-corrected chi connectivity index (χ0v) is 18.9. The maximum atomic E-state index is 12.1. The lowest BCUT2D eigenvalue weighted by atomic mass is 9.72. The summed E-state index contributed by atoms with van der Waals surface area (Å²) in [5.74, 6) is 0.362. The number of hydrogen-bond donors (Lipinski definition) is 1. The third-order valence-electron chi connectivity index (χ3n) is 6.53. The van der Waals surface area contributed by atoms with Crippen LogP contribution in [0.5, 0.6) is 0 Å². The van der Waals surface area contributed by atoms with Gasteiger partial charge in [0.1, 0.15) is 5.60 Å². The topological polar surface area (TPSA) is 43.8 Å². The van der Waals surface area contributed by atoms with Gasteiger partial charge in [-0.2, -0.15) is 0 Å². The van der Waals surface area contributed by atoms with Crippen molar-refractivity contribution in [3.05, 3.63) is 70.8 Å². The number of carbonyl (C=O) groups excluding carboxylic acids is 1. The number of aryl methyl sites for hydroxylation is 2. The molecule has 1 heterocycles. The molecule has 1 saturated heterocycles. The summed E-state index contributed by atoms with van der Waals surface area (Å²) in [6.07, 6.45) is 3.38. The molecule has 4 nitrogen and oxygen atoms in total. The molecule has 30 heavy (non-hydrogen) atoms. The Morgan fingerprint density at radius 3 is 1.87 bits per heavy atom. The second-order valence-corrected chi connectivity index (χ2v) is 9.01. The molecule has 1 aliphatic rings. The summed E-state index contributed by atoms with van der Waals surface area (Å²) in [6, 6.07) is 16.7. The molecule has 2 aromatic rings. The standard InChI is InChI=1S/C26H36N2O2/c1-20-7-11-22(12-8-20)26(30,23-13-9-21(2)10-14-23)24-15-18-28(19-16-24)17-5-6-25(29)27(3)4/h7-14,24,30H,5-6,15-19H2,1-4H3. The van der Waals surface area contributed by atoms with E-state index < -0.39 is 5.60 Å². The summed E-state index contributed by atoms with van der Waals surface area (Å²) in [6.45, 7) is 7.02. The zero-order valence-electron chi connectivity index (χ0n) is 18.9. The third kappa shape index (κ3) is 5.11. The van der Waals surface area contributed by atoms with Crippen molar-refractivity contribution < 1.29 is 9.90 Å². The number of aliphatic hydroxyl groups is 1. The van der Waals surface area contributed by atoms with Crippen LogP contribution >= 0.6 is 0 Å². The number of benzene rings is 2. The van der Waals surface area contributed by atoms with E-state index in [9.17, 15) is 9.90 Å². The number of carbonyl (C=O) groups is 1. The predicted octanol–water partition coefficient (Wildman–Crippen LogP) is 4.12. The first-order chi connectivity index (χ1) is 14.3. The first-order valence-electron chi connectivity index (χ1n) is 11.1. The Bertz CT molecular complexity index is 774. The Morgan fingerprint density at radius 2 is 1.43 bits per heavy atom. The van der Waals surface area contributed by atoms with Gasteiger partial charge in [-0.05, 0) is 69.8 Å². The van der Waals surface area contributed by atoms with Gasteiger partial charge in [-0.25, -0.2) is 0 Å². The molecule has 1 amide bonds. The van der Waals surface area contributed by atoms with E-state index in [4.69, 9.17) is 0 Å². The lowest BCUT2D eigenvalue weighted by Crippen LogP contribution is -2.44. The van der Waals surface area contributed by atoms with Crippen molar-refractivity contribution in [3.63, 3.8) is 0 Å². The van der Waals surface area contributed by atoms with Crippen LogP contribution in [0.15, 0.2) is 48.5 Å². The van der Waals surface area contributed by atoms with Gasteiger partial charge in [0.05, 0.1) is 0 Å². The van der Waals surface area contributed by atoms with E-state index in [1.54, 1.807) is 4.90 Å². The van der Waals surface area contributed by atoms with Crippen molar-refractivity contribution in [2.45, 2.75) is 45.1 Å². The van der Waals surface area contributed by atoms with Crippen LogP contribution in [0, 0.1) is 19.8 Å². The average molecular weight is 409 g/mol. The number of piperidine rings is 1. The van der Waals surface area contributed by atoms with E-state index in [-0.39, 0.29) is 11.8 Å². The Hall–Kier alpha value is -2.17. The summed E-state index contributed by atoms with van der Waals surface area (Å²) in [7, 11) is 3.62. The molecule has 0 radical (unpaired) electrons. The highest BCUT2D eigenvalue weighted by atomic mass is 16.3. The lowest BCUT2D eigenvalue weighted by molar-refractivity contribution is -0.128. The minimum atomic E-state index is -0.978. The maximum Gasteiger partial charge on any atom is 0.222 e. The molecule has 0 bridgehead atoms. The Kier molecular flexibility index (Phi) is 7.32. The van der Waals surface area contributed by atoms with Crippen molar-refractivity contribution in [2.24, 2.45) is 5.92 Å². The van der Waals surface area contributed by atoms with E-state index in [2.05, 4.69) is 67.3 Å². The molecule has 0 unspecified atom stereocenters. The van der Waals surface area contributed by atoms with E-state index >= 15 is 0 Å². The van der Waals surface area contributed by atoms with Gasteiger partial charge in [0.25, 0.3) is 0 Å². The maximum absolute atomic E-state index is 12.1. The lowest BCUT2D eigenvalue weighted by Gasteiger charge is -2.42. The van der Waals surface area contributed by atoms with Gasteiger partial charge in [-0.15, -0.1) is 0 Å². The van der Waals surface area contributed by atoms with Crippen molar-refractivity contribution in [2.75, 3.05) is 33.7 Å². The summed E-state index contributed by atoms with van der Waals surface area (Å²) < 4.78 is 0.